The van der Waals surface area contributed by atoms with Crippen molar-refractivity contribution in [1.29, 1.82) is 0 Å². The van der Waals surface area contributed by atoms with Gasteiger partial charge in [0.2, 0.25) is 11.6 Å². The van der Waals surface area contributed by atoms with Crippen molar-refractivity contribution in [1.82, 2.24) is 9.97 Å². The van der Waals surface area contributed by atoms with Gasteiger partial charge < -0.3 is 5.32 Å². The van der Waals surface area contributed by atoms with Crippen LogP contribution in [0.25, 0.3) is 0 Å². The lowest BCUT2D eigenvalue weighted by atomic mass is 10.0. The lowest BCUT2D eigenvalue weighted by molar-refractivity contribution is 0.409. The van der Waals surface area contributed by atoms with Gasteiger partial charge in [-0.05, 0) is 31.0 Å². The molecule has 0 radical (unpaired) electrons. The van der Waals surface area contributed by atoms with Crippen LogP contribution in [0.4, 0.5) is 23.2 Å². The number of rotatable bonds is 5. The summed E-state index contributed by atoms with van der Waals surface area (Å²) in [6.07, 6.45) is 1.83. The first kappa shape index (κ1) is 17.8. The van der Waals surface area contributed by atoms with Crippen molar-refractivity contribution in [2.24, 2.45) is 0 Å². The van der Waals surface area contributed by atoms with Gasteiger partial charge in [0, 0.05) is 6.20 Å². The van der Waals surface area contributed by atoms with Gasteiger partial charge in [0.25, 0.3) is 11.9 Å². The third-order valence-corrected chi connectivity index (χ3v) is 3.92. The third kappa shape index (κ3) is 3.82. The zero-order chi connectivity index (χ0) is 18.7. The molecule has 3 rings (SSSR count). The van der Waals surface area contributed by atoms with Crippen LogP contribution in [-0.2, 0) is 6.42 Å². The molecule has 0 fully saturated rings. The molecule has 0 bridgehead atoms. The first-order valence-corrected chi connectivity index (χ1v) is 7.88. The van der Waals surface area contributed by atoms with Gasteiger partial charge >= 0.3 is 0 Å². The molecular formula is C19H15F4N3. The smallest absolute Gasteiger partial charge is 0.253 e. The molecule has 3 aromatic rings. The van der Waals surface area contributed by atoms with Crippen molar-refractivity contribution in [3.05, 3.63) is 89.0 Å². The number of nitrogens with zero attached hydrogens (tertiary/aromatic N) is 2. The Bertz CT molecular complexity index is 873. The van der Waals surface area contributed by atoms with Crippen LogP contribution in [0.2, 0.25) is 0 Å². The summed E-state index contributed by atoms with van der Waals surface area (Å²) in [5.74, 6) is -6.56. The van der Waals surface area contributed by atoms with E-state index in [0.29, 0.717) is 12.1 Å². The van der Waals surface area contributed by atoms with E-state index < -0.39 is 35.3 Å². The van der Waals surface area contributed by atoms with E-state index in [0.717, 1.165) is 11.1 Å². The molecule has 0 spiro atoms. The number of aromatic nitrogens is 2. The van der Waals surface area contributed by atoms with Crippen molar-refractivity contribution in [3.8, 4) is 0 Å². The van der Waals surface area contributed by atoms with Crippen molar-refractivity contribution >= 4 is 5.69 Å². The minimum absolute atomic E-state index is 0.307. The van der Waals surface area contributed by atoms with E-state index in [2.05, 4.69) is 15.3 Å². The number of benzene rings is 1. The van der Waals surface area contributed by atoms with Crippen LogP contribution in [0.3, 0.4) is 0 Å². The normalized spacial score (nSPS) is 12.0. The maximum atomic E-state index is 14.0. The van der Waals surface area contributed by atoms with Crippen molar-refractivity contribution in [3.63, 3.8) is 0 Å². The third-order valence-electron chi connectivity index (χ3n) is 3.92. The zero-order valence-corrected chi connectivity index (χ0v) is 13.8. The number of hydrogen-bond donors (Lipinski definition) is 1. The molecule has 3 nitrogen and oxygen atoms in total. The topological polar surface area (TPSA) is 37.8 Å². The largest absolute Gasteiger partial charge is 0.371 e. The van der Waals surface area contributed by atoms with Crippen LogP contribution in [-0.4, -0.2) is 9.97 Å². The van der Waals surface area contributed by atoms with E-state index in [9.17, 15) is 17.6 Å². The molecule has 0 saturated carbocycles. The van der Waals surface area contributed by atoms with E-state index in [1.54, 1.807) is 18.2 Å². The Morgan fingerprint density at radius 2 is 1.58 bits per heavy atom. The summed E-state index contributed by atoms with van der Waals surface area (Å²) in [4.78, 5) is 6.75. The Morgan fingerprint density at radius 1 is 0.923 bits per heavy atom. The Hall–Kier alpha value is -2.96. The summed E-state index contributed by atoms with van der Waals surface area (Å²) in [7, 11) is 0. The molecule has 1 atom stereocenters. The molecule has 7 heteroatoms. The second-order valence-electron chi connectivity index (χ2n) is 5.84. The molecule has 1 aromatic carbocycles. The monoisotopic (exact) mass is 361 g/mol. The fourth-order valence-electron chi connectivity index (χ4n) is 2.56. The highest BCUT2D eigenvalue weighted by Crippen LogP contribution is 2.28. The van der Waals surface area contributed by atoms with Gasteiger partial charge in [0.05, 0.1) is 11.7 Å². The van der Waals surface area contributed by atoms with Gasteiger partial charge in [0.15, 0.2) is 0 Å². The second-order valence-corrected chi connectivity index (χ2v) is 5.84. The maximum Gasteiger partial charge on any atom is 0.253 e. The van der Waals surface area contributed by atoms with Crippen LogP contribution in [0, 0.1) is 30.5 Å². The minimum Gasteiger partial charge on any atom is -0.371 e. The standard InChI is InChI=1S/C19H15F4N3/c1-11-5-7-12(8-6-11)10-14(13-4-2-3-9-24-13)25-17-15(20)18(22)26-19(23)16(17)21/h2-9,14H,10H2,1H3,(H,25,26). The molecule has 2 aromatic heterocycles. The lowest BCUT2D eigenvalue weighted by Gasteiger charge is -2.20. The van der Waals surface area contributed by atoms with E-state index in [4.69, 9.17) is 0 Å². The number of halogens is 4. The summed E-state index contributed by atoms with van der Waals surface area (Å²) < 4.78 is 54.8. The number of anilines is 1. The Labute approximate surface area is 147 Å². The van der Waals surface area contributed by atoms with Crippen LogP contribution in [0.5, 0.6) is 0 Å². The maximum absolute atomic E-state index is 14.0. The SMILES string of the molecule is Cc1ccc(CC(Nc2c(F)c(F)nc(F)c2F)c2ccccn2)cc1. The summed E-state index contributed by atoms with van der Waals surface area (Å²) in [5, 5.41) is 2.54. The van der Waals surface area contributed by atoms with E-state index in [-0.39, 0.29) is 0 Å². The molecule has 0 saturated heterocycles. The van der Waals surface area contributed by atoms with Gasteiger partial charge in [0.1, 0.15) is 5.69 Å². The summed E-state index contributed by atoms with van der Waals surface area (Å²) >= 11 is 0. The van der Waals surface area contributed by atoms with Crippen LogP contribution in [0.1, 0.15) is 22.9 Å². The highest BCUT2D eigenvalue weighted by atomic mass is 19.2. The van der Waals surface area contributed by atoms with E-state index >= 15 is 0 Å². The molecule has 1 N–H and O–H groups in total. The molecule has 1 unspecified atom stereocenters. The Balaban J connectivity index is 1.98. The first-order valence-electron chi connectivity index (χ1n) is 7.88. The summed E-state index contributed by atoms with van der Waals surface area (Å²) in [6, 6.07) is 11.9. The molecule has 2 heterocycles. The fourth-order valence-corrected chi connectivity index (χ4v) is 2.56. The molecular weight excluding hydrogens is 346 g/mol. The number of nitrogens with one attached hydrogen (secondary N) is 1. The van der Waals surface area contributed by atoms with Gasteiger partial charge in [-0.15, -0.1) is 0 Å². The van der Waals surface area contributed by atoms with Crippen molar-refractivity contribution in [2.75, 3.05) is 5.32 Å². The molecule has 0 aliphatic carbocycles. The van der Waals surface area contributed by atoms with E-state index in [1.165, 1.54) is 6.20 Å². The summed E-state index contributed by atoms with van der Waals surface area (Å²) in [6.45, 7) is 1.94. The van der Waals surface area contributed by atoms with Crippen molar-refractivity contribution < 1.29 is 17.6 Å². The van der Waals surface area contributed by atoms with Crippen molar-refractivity contribution in [2.45, 2.75) is 19.4 Å². The Kier molecular flexibility index (Phi) is 5.16. The average Bonchev–Trinajstić information content (AvgIpc) is 2.65. The molecule has 134 valence electrons. The highest BCUT2D eigenvalue weighted by molar-refractivity contribution is 5.47. The van der Waals surface area contributed by atoms with Gasteiger partial charge in [-0.2, -0.15) is 22.5 Å². The van der Waals surface area contributed by atoms with Gasteiger partial charge in [-0.25, -0.2) is 0 Å². The molecule has 26 heavy (non-hydrogen) atoms. The van der Waals surface area contributed by atoms with Gasteiger partial charge in [-0.1, -0.05) is 35.9 Å². The molecule has 0 aliphatic rings. The fraction of sp³-hybridized carbons (Fsp3) is 0.158. The van der Waals surface area contributed by atoms with E-state index in [1.807, 2.05) is 31.2 Å². The predicted octanol–water partition coefficient (Wildman–Crippen LogP) is 4.74. The molecule has 0 amide bonds. The number of hydrogen-bond acceptors (Lipinski definition) is 3. The first-order chi connectivity index (χ1) is 12.5. The van der Waals surface area contributed by atoms with Crippen LogP contribution < -0.4 is 5.32 Å². The average molecular weight is 361 g/mol. The van der Waals surface area contributed by atoms with Gasteiger partial charge in [-0.3, -0.25) is 4.98 Å². The van der Waals surface area contributed by atoms with Crippen LogP contribution in [0.15, 0.2) is 48.7 Å². The summed E-state index contributed by atoms with van der Waals surface area (Å²) in [5.41, 5.74) is 1.50. The Morgan fingerprint density at radius 3 is 2.15 bits per heavy atom. The van der Waals surface area contributed by atoms with Crippen LogP contribution >= 0.6 is 0 Å². The lowest BCUT2D eigenvalue weighted by Crippen LogP contribution is -2.18. The molecule has 0 aliphatic heterocycles. The zero-order valence-electron chi connectivity index (χ0n) is 13.8. The second kappa shape index (κ2) is 7.51. The quantitative estimate of drug-likeness (QED) is 0.527. The number of pyridine rings is 2. The highest BCUT2D eigenvalue weighted by Gasteiger charge is 2.24. The minimum atomic E-state index is -1.71. The predicted molar refractivity (Wildman–Crippen MR) is 89.6 cm³/mol. The number of aryl methyl sites for hydroxylation is 1.